The molecule has 1 heterocycles. The lowest BCUT2D eigenvalue weighted by Crippen LogP contribution is -2.35. The number of nitriles is 1. The molecule has 0 atom stereocenters. The van der Waals surface area contributed by atoms with Gasteiger partial charge in [0.1, 0.15) is 6.54 Å². The van der Waals surface area contributed by atoms with Gasteiger partial charge in [-0.1, -0.05) is 0 Å². The Morgan fingerprint density at radius 3 is 2.94 bits per heavy atom. The fraction of sp³-hybridized carbons (Fsp3) is 0.100. The van der Waals surface area contributed by atoms with E-state index in [1.807, 2.05) is 6.19 Å². The Morgan fingerprint density at radius 2 is 2.31 bits per heavy atom. The minimum atomic E-state index is -1.08. The molecule has 0 bridgehead atoms. The Labute approximate surface area is 90.7 Å². The maximum absolute atomic E-state index is 11.2. The monoisotopic (exact) mass is 217 g/mol. The SMILES string of the molecule is N#CN1CC(=O)Nc2cc(C(=O)O)ccc21. The summed E-state index contributed by atoms with van der Waals surface area (Å²) in [6.45, 7) is -0.0457. The lowest BCUT2D eigenvalue weighted by molar-refractivity contribution is -0.115. The number of fused-ring (bicyclic) bond motifs is 1. The number of carboxylic acids is 1. The van der Waals surface area contributed by atoms with Crippen LogP contribution in [-0.4, -0.2) is 23.5 Å². The van der Waals surface area contributed by atoms with Crippen LogP contribution in [0.4, 0.5) is 11.4 Å². The number of amides is 1. The minimum absolute atomic E-state index is 0.0457. The predicted octanol–water partition coefficient (Wildman–Crippen LogP) is 0.624. The van der Waals surface area contributed by atoms with Gasteiger partial charge in [-0.25, -0.2) is 4.79 Å². The van der Waals surface area contributed by atoms with E-state index in [4.69, 9.17) is 10.4 Å². The number of benzene rings is 1. The third kappa shape index (κ3) is 1.54. The van der Waals surface area contributed by atoms with E-state index in [-0.39, 0.29) is 18.0 Å². The summed E-state index contributed by atoms with van der Waals surface area (Å²) in [4.78, 5) is 23.2. The van der Waals surface area contributed by atoms with Crippen molar-refractivity contribution in [2.24, 2.45) is 0 Å². The molecular formula is C10H7N3O3. The van der Waals surface area contributed by atoms with Crippen LogP contribution in [0.1, 0.15) is 10.4 Å². The highest BCUT2D eigenvalue weighted by molar-refractivity contribution is 6.03. The summed E-state index contributed by atoms with van der Waals surface area (Å²) in [6.07, 6.45) is 1.86. The maximum Gasteiger partial charge on any atom is 0.335 e. The summed E-state index contributed by atoms with van der Waals surface area (Å²) < 4.78 is 0. The predicted molar refractivity (Wildman–Crippen MR) is 55.0 cm³/mol. The number of nitrogens with zero attached hydrogens (tertiary/aromatic N) is 2. The Morgan fingerprint density at radius 1 is 1.56 bits per heavy atom. The van der Waals surface area contributed by atoms with E-state index in [9.17, 15) is 9.59 Å². The third-order valence-corrected chi connectivity index (χ3v) is 2.23. The normalized spacial score (nSPS) is 13.7. The van der Waals surface area contributed by atoms with E-state index in [2.05, 4.69) is 5.32 Å². The molecule has 80 valence electrons. The summed E-state index contributed by atoms with van der Waals surface area (Å²) in [5.74, 6) is -1.41. The highest BCUT2D eigenvalue weighted by Gasteiger charge is 2.22. The fourth-order valence-corrected chi connectivity index (χ4v) is 1.51. The molecule has 2 rings (SSSR count). The van der Waals surface area contributed by atoms with Crippen molar-refractivity contribution < 1.29 is 14.7 Å². The lowest BCUT2D eigenvalue weighted by atomic mass is 10.1. The standard InChI is InChI=1S/C10H7N3O3/c11-5-13-4-9(14)12-7-3-6(10(15)16)1-2-8(7)13/h1-3H,4H2,(H,12,14)(H,15,16). The van der Waals surface area contributed by atoms with Crippen molar-refractivity contribution in [3.63, 3.8) is 0 Å². The van der Waals surface area contributed by atoms with E-state index in [0.29, 0.717) is 11.4 Å². The molecule has 0 saturated heterocycles. The van der Waals surface area contributed by atoms with Crippen molar-refractivity contribution in [3.05, 3.63) is 23.8 Å². The molecule has 6 nitrogen and oxygen atoms in total. The third-order valence-electron chi connectivity index (χ3n) is 2.23. The van der Waals surface area contributed by atoms with Crippen molar-refractivity contribution in [3.8, 4) is 6.19 Å². The van der Waals surface area contributed by atoms with Crippen molar-refractivity contribution in [2.45, 2.75) is 0 Å². The average Bonchev–Trinajstić information content (AvgIpc) is 2.26. The van der Waals surface area contributed by atoms with Gasteiger partial charge in [0.2, 0.25) is 5.91 Å². The summed E-state index contributed by atoms with van der Waals surface area (Å²) in [7, 11) is 0. The van der Waals surface area contributed by atoms with Crippen LogP contribution in [0, 0.1) is 11.5 Å². The topological polar surface area (TPSA) is 93.4 Å². The van der Waals surface area contributed by atoms with Gasteiger partial charge >= 0.3 is 5.97 Å². The first-order valence-electron chi connectivity index (χ1n) is 4.46. The molecule has 1 aromatic carbocycles. The zero-order valence-electron chi connectivity index (χ0n) is 8.10. The van der Waals surface area contributed by atoms with Crippen LogP contribution < -0.4 is 10.2 Å². The number of carbonyl (C=O) groups is 2. The van der Waals surface area contributed by atoms with Crippen LogP contribution in [0.5, 0.6) is 0 Å². The van der Waals surface area contributed by atoms with Crippen LogP contribution in [-0.2, 0) is 4.79 Å². The number of rotatable bonds is 1. The molecule has 1 aromatic rings. The molecule has 2 N–H and O–H groups in total. The number of hydrogen-bond acceptors (Lipinski definition) is 4. The molecule has 1 aliphatic rings. The lowest BCUT2D eigenvalue weighted by Gasteiger charge is -2.24. The largest absolute Gasteiger partial charge is 0.478 e. The number of hydrogen-bond donors (Lipinski definition) is 2. The molecular weight excluding hydrogens is 210 g/mol. The van der Waals surface area contributed by atoms with Gasteiger partial charge in [0.05, 0.1) is 16.9 Å². The van der Waals surface area contributed by atoms with E-state index in [0.717, 1.165) is 0 Å². The molecule has 1 amide bonds. The zero-order valence-corrected chi connectivity index (χ0v) is 8.10. The van der Waals surface area contributed by atoms with Crippen molar-refractivity contribution >= 4 is 23.3 Å². The Balaban J connectivity index is 2.51. The summed E-state index contributed by atoms with van der Waals surface area (Å²) in [6, 6.07) is 4.23. The van der Waals surface area contributed by atoms with Gasteiger partial charge in [0, 0.05) is 0 Å². The van der Waals surface area contributed by atoms with Crippen LogP contribution in [0.2, 0.25) is 0 Å². The summed E-state index contributed by atoms with van der Waals surface area (Å²) in [5, 5.41) is 20.1. The van der Waals surface area contributed by atoms with Gasteiger partial charge in [0.15, 0.2) is 6.19 Å². The Bertz CT molecular complexity index is 519. The first-order chi connectivity index (χ1) is 7.61. The second kappa shape index (κ2) is 3.55. The van der Waals surface area contributed by atoms with Gasteiger partial charge in [-0.2, -0.15) is 5.26 Å². The van der Waals surface area contributed by atoms with E-state index >= 15 is 0 Å². The van der Waals surface area contributed by atoms with Gasteiger partial charge in [0.25, 0.3) is 0 Å². The Kier molecular flexibility index (Phi) is 2.21. The van der Waals surface area contributed by atoms with Gasteiger partial charge < -0.3 is 10.4 Å². The molecule has 0 spiro atoms. The molecule has 0 aliphatic carbocycles. The Hall–Kier alpha value is -2.55. The second-order valence-electron chi connectivity index (χ2n) is 3.27. The molecule has 0 aromatic heterocycles. The first-order valence-corrected chi connectivity index (χ1v) is 4.46. The zero-order chi connectivity index (χ0) is 11.7. The summed E-state index contributed by atoms with van der Waals surface area (Å²) >= 11 is 0. The molecule has 0 saturated carbocycles. The van der Waals surface area contributed by atoms with Crippen molar-refractivity contribution in [1.82, 2.24) is 0 Å². The maximum atomic E-state index is 11.2. The highest BCUT2D eigenvalue weighted by atomic mass is 16.4. The quantitative estimate of drug-likeness (QED) is 0.672. The van der Waals surface area contributed by atoms with Crippen LogP contribution in [0.15, 0.2) is 18.2 Å². The molecule has 6 heteroatoms. The molecule has 16 heavy (non-hydrogen) atoms. The van der Waals surface area contributed by atoms with Gasteiger partial charge in [-0.05, 0) is 18.2 Å². The summed E-state index contributed by atoms with van der Waals surface area (Å²) in [5.41, 5.74) is 0.920. The molecule has 1 aliphatic heterocycles. The van der Waals surface area contributed by atoms with Gasteiger partial charge in [-0.15, -0.1) is 0 Å². The minimum Gasteiger partial charge on any atom is -0.478 e. The smallest absolute Gasteiger partial charge is 0.335 e. The van der Waals surface area contributed by atoms with E-state index in [1.165, 1.54) is 23.1 Å². The van der Waals surface area contributed by atoms with Gasteiger partial charge in [-0.3, -0.25) is 9.69 Å². The van der Waals surface area contributed by atoms with Crippen LogP contribution >= 0.6 is 0 Å². The number of nitrogens with one attached hydrogen (secondary N) is 1. The first kappa shape index (κ1) is 9.98. The molecule has 0 radical (unpaired) electrons. The van der Waals surface area contributed by atoms with E-state index < -0.39 is 5.97 Å². The number of carboxylic acid groups (broad SMARTS) is 1. The van der Waals surface area contributed by atoms with Crippen molar-refractivity contribution in [1.29, 1.82) is 5.26 Å². The fourth-order valence-electron chi connectivity index (χ4n) is 1.51. The molecule has 0 unspecified atom stereocenters. The van der Waals surface area contributed by atoms with Crippen LogP contribution in [0.25, 0.3) is 0 Å². The number of carbonyl (C=O) groups excluding carboxylic acids is 1. The van der Waals surface area contributed by atoms with Crippen LogP contribution in [0.3, 0.4) is 0 Å². The highest BCUT2D eigenvalue weighted by Crippen LogP contribution is 2.29. The number of anilines is 2. The number of aromatic carboxylic acids is 1. The van der Waals surface area contributed by atoms with Crippen molar-refractivity contribution in [2.75, 3.05) is 16.8 Å². The second-order valence-corrected chi connectivity index (χ2v) is 3.27. The average molecular weight is 217 g/mol. The molecule has 0 fully saturated rings. The van der Waals surface area contributed by atoms with E-state index in [1.54, 1.807) is 0 Å².